The zero-order valence-corrected chi connectivity index (χ0v) is 19.0. The standard InChI is InChI=1S/C25H18ClF3N2O5/c26-17-10-6-16(7-11-17)22(33)36-18-12-8-14(9-13-18)20-19(21(32)15-4-2-1-3-5-15)24(35,25(27,28)29)31-23(34)30-20/h1-13,19-20,35H,(H2,30,31,34)/t19-,20+,24-/m0/s1. The van der Waals surface area contributed by atoms with E-state index < -0.39 is 41.6 Å². The lowest BCUT2D eigenvalue weighted by Crippen LogP contribution is -2.72. The number of halogens is 4. The van der Waals surface area contributed by atoms with Gasteiger partial charge in [-0.15, -0.1) is 0 Å². The average Bonchev–Trinajstić information content (AvgIpc) is 2.84. The molecule has 0 aliphatic carbocycles. The topological polar surface area (TPSA) is 105 Å². The zero-order chi connectivity index (χ0) is 26.1. The Morgan fingerprint density at radius 2 is 1.53 bits per heavy atom. The van der Waals surface area contributed by atoms with E-state index in [9.17, 15) is 32.7 Å². The van der Waals surface area contributed by atoms with Crippen LogP contribution in [-0.2, 0) is 0 Å². The van der Waals surface area contributed by atoms with Gasteiger partial charge in [-0.2, -0.15) is 13.2 Å². The first-order valence-electron chi connectivity index (χ1n) is 10.5. The summed E-state index contributed by atoms with van der Waals surface area (Å²) in [5.74, 6) is -3.83. The highest BCUT2D eigenvalue weighted by Crippen LogP contribution is 2.44. The van der Waals surface area contributed by atoms with Gasteiger partial charge < -0.3 is 20.5 Å². The van der Waals surface area contributed by atoms with Gasteiger partial charge in [-0.25, -0.2) is 9.59 Å². The van der Waals surface area contributed by atoms with Gasteiger partial charge in [0, 0.05) is 10.6 Å². The van der Waals surface area contributed by atoms with Crippen molar-refractivity contribution in [3.05, 3.63) is 101 Å². The number of Topliss-reactive ketones (excluding diaryl/α,β-unsaturated/α-hetero) is 1. The number of amides is 2. The van der Waals surface area contributed by atoms with Crippen molar-refractivity contribution in [3.8, 4) is 5.75 Å². The molecule has 3 aromatic rings. The number of nitrogens with one attached hydrogen (secondary N) is 2. The van der Waals surface area contributed by atoms with Gasteiger partial charge in [0.05, 0.1) is 11.6 Å². The van der Waals surface area contributed by atoms with Crippen molar-refractivity contribution < 1.29 is 37.4 Å². The fourth-order valence-corrected chi connectivity index (χ4v) is 4.02. The number of hydrogen-bond acceptors (Lipinski definition) is 5. The van der Waals surface area contributed by atoms with Crippen LogP contribution in [0.2, 0.25) is 5.02 Å². The highest BCUT2D eigenvalue weighted by atomic mass is 35.5. The summed E-state index contributed by atoms with van der Waals surface area (Å²) in [6.45, 7) is 0. The van der Waals surface area contributed by atoms with Gasteiger partial charge in [0.25, 0.3) is 0 Å². The lowest BCUT2D eigenvalue weighted by Gasteiger charge is -2.45. The second-order valence-corrected chi connectivity index (χ2v) is 8.45. The van der Waals surface area contributed by atoms with Crippen LogP contribution in [0, 0.1) is 5.92 Å². The van der Waals surface area contributed by atoms with Gasteiger partial charge in [-0.3, -0.25) is 4.79 Å². The molecule has 3 aromatic carbocycles. The smallest absolute Gasteiger partial charge is 0.423 e. The molecule has 0 bridgehead atoms. The Hall–Kier alpha value is -3.89. The number of ether oxygens (including phenoxy) is 1. The Labute approximate surface area is 207 Å². The summed E-state index contributed by atoms with van der Waals surface area (Å²) in [5.41, 5.74) is -3.63. The first kappa shape index (κ1) is 25.2. The molecule has 3 N–H and O–H groups in total. The molecule has 0 unspecified atom stereocenters. The Balaban J connectivity index is 1.66. The van der Waals surface area contributed by atoms with E-state index in [-0.39, 0.29) is 22.4 Å². The normalized spacial score (nSPS) is 21.8. The van der Waals surface area contributed by atoms with Gasteiger partial charge in [0.15, 0.2) is 5.78 Å². The molecule has 1 fully saturated rings. The van der Waals surface area contributed by atoms with Crippen LogP contribution in [0.3, 0.4) is 0 Å². The second-order valence-electron chi connectivity index (χ2n) is 8.01. The summed E-state index contributed by atoms with van der Waals surface area (Å²) < 4.78 is 47.3. The van der Waals surface area contributed by atoms with E-state index in [1.165, 1.54) is 78.1 Å². The fraction of sp³-hybridized carbons (Fsp3) is 0.160. The van der Waals surface area contributed by atoms with Gasteiger partial charge in [0.2, 0.25) is 5.72 Å². The molecule has 1 saturated heterocycles. The number of benzene rings is 3. The monoisotopic (exact) mass is 518 g/mol. The van der Waals surface area contributed by atoms with Crippen LogP contribution < -0.4 is 15.4 Å². The SMILES string of the molecule is O=C1N[C@H](c2ccc(OC(=O)c3ccc(Cl)cc3)cc2)[C@@H](C(=O)c2ccccc2)[C@](O)(C(F)(F)F)N1. The molecule has 11 heteroatoms. The van der Waals surface area contributed by atoms with Crippen molar-refractivity contribution in [2.45, 2.75) is 17.9 Å². The molecule has 1 aliphatic heterocycles. The largest absolute Gasteiger partial charge is 0.437 e. The van der Waals surface area contributed by atoms with Gasteiger partial charge >= 0.3 is 18.2 Å². The maximum atomic E-state index is 14.0. The van der Waals surface area contributed by atoms with E-state index in [0.717, 1.165) is 0 Å². The van der Waals surface area contributed by atoms with Crippen molar-refractivity contribution >= 4 is 29.4 Å². The predicted molar refractivity (Wildman–Crippen MR) is 123 cm³/mol. The Morgan fingerprint density at radius 3 is 2.11 bits per heavy atom. The van der Waals surface area contributed by atoms with Crippen molar-refractivity contribution in [2.24, 2.45) is 5.92 Å². The number of carbonyl (C=O) groups excluding carboxylic acids is 3. The van der Waals surface area contributed by atoms with Crippen LogP contribution in [0.25, 0.3) is 0 Å². The highest BCUT2D eigenvalue weighted by Gasteiger charge is 2.66. The Bertz CT molecular complexity index is 1280. The van der Waals surface area contributed by atoms with E-state index in [2.05, 4.69) is 5.32 Å². The summed E-state index contributed by atoms with van der Waals surface area (Å²) in [6.07, 6.45) is -5.37. The molecule has 36 heavy (non-hydrogen) atoms. The first-order chi connectivity index (χ1) is 17.0. The van der Waals surface area contributed by atoms with Crippen LogP contribution in [0.15, 0.2) is 78.9 Å². The number of urea groups is 1. The number of rotatable bonds is 5. The highest BCUT2D eigenvalue weighted by molar-refractivity contribution is 6.30. The summed E-state index contributed by atoms with van der Waals surface area (Å²) in [7, 11) is 0. The molecule has 1 heterocycles. The third-order valence-corrected chi connectivity index (χ3v) is 5.93. The van der Waals surface area contributed by atoms with Crippen molar-refractivity contribution in [2.75, 3.05) is 0 Å². The maximum Gasteiger partial charge on any atom is 0.437 e. The fourth-order valence-electron chi connectivity index (χ4n) is 3.89. The van der Waals surface area contributed by atoms with E-state index >= 15 is 0 Å². The van der Waals surface area contributed by atoms with Crippen molar-refractivity contribution in [1.29, 1.82) is 0 Å². The minimum Gasteiger partial charge on any atom is -0.423 e. The van der Waals surface area contributed by atoms with Crippen LogP contribution in [-0.4, -0.2) is 34.8 Å². The summed E-state index contributed by atoms with van der Waals surface area (Å²) in [5, 5.41) is 14.8. The number of aliphatic hydroxyl groups is 1. The molecule has 0 saturated carbocycles. The molecular weight excluding hydrogens is 501 g/mol. The maximum absolute atomic E-state index is 14.0. The first-order valence-corrected chi connectivity index (χ1v) is 10.9. The molecule has 3 atom stereocenters. The molecule has 0 aromatic heterocycles. The molecule has 186 valence electrons. The van der Waals surface area contributed by atoms with E-state index in [1.807, 2.05) is 0 Å². The van der Waals surface area contributed by atoms with Crippen LogP contribution in [0.1, 0.15) is 32.3 Å². The molecular formula is C25H18ClF3N2O5. The minimum absolute atomic E-state index is 0.0657. The third-order valence-electron chi connectivity index (χ3n) is 5.68. The number of ketones is 1. The molecule has 7 nitrogen and oxygen atoms in total. The second kappa shape index (κ2) is 9.63. The van der Waals surface area contributed by atoms with Crippen molar-refractivity contribution in [3.63, 3.8) is 0 Å². The minimum atomic E-state index is -5.37. The number of alkyl halides is 3. The lowest BCUT2D eigenvalue weighted by molar-refractivity contribution is -0.287. The molecule has 0 spiro atoms. The molecule has 4 rings (SSSR count). The van der Waals surface area contributed by atoms with Gasteiger partial charge in [-0.1, -0.05) is 54.1 Å². The predicted octanol–water partition coefficient (Wildman–Crippen LogP) is 4.66. The molecule has 1 aliphatic rings. The Kier molecular flexibility index (Phi) is 6.75. The number of esters is 1. The number of carbonyl (C=O) groups is 3. The lowest BCUT2D eigenvalue weighted by atomic mass is 9.77. The Morgan fingerprint density at radius 1 is 0.917 bits per heavy atom. The molecule has 0 radical (unpaired) electrons. The van der Waals surface area contributed by atoms with Gasteiger partial charge in [-0.05, 0) is 42.0 Å². The van der Waals surface area contributed by atoms with E-state index in [1.54, 1.807) is 6.07 Å². The van der Waals surface area contributed by atoms with Crippen LogP contribution in [0.5, 0.6) is 5.75 Å². The number of hydrogen-bond donors (Lipinski definition) is 3. The third kappa shape index (κ3) is 4.91. The van der Waals surface area contributed by atoms with Crippen LogP contribution in [0.4, 0.5) is 18.0 Å². The average molecular weight is 519 g/mol. The van der Waals surface area contributed by atoms with Gasteiger partial charge in [0.1, 0.15) is 11.7 Å². The van der Waals surface area contributed by atoms with E-state index in [0.29, 0.717) is 5.02 Å². The molecule has 2 amide bonds. The van der Waals surface area contributed by atoms with E-state index in [4.69, 9.17) is 16.3 Å². The zero-order valence-electron chi connectivity index (χ0n) is 18.3. The summed E-state index contributed by atoms with van der Waals surface area (Å²) in [4.78, 5) is 37.7. The quantitative estimate of drug-likeness (QED) is 0.259. The summed E-state index contributed by atoms with van der Waals surface area (Å²) >= 11 is 5.80. The van der Waals surface area contributed by atoms with Crippen LogP contribution >= 0.6 is 11.6 Å². The van der Waals surface area contributed by atoms with Crippen molar-refractivity contribution in [1.82, 2.24) is 10.6 Å². The summed E-state index contributed by atoms with van der Waals surface area (Å²) in [6, 6.07) is 15.4.